The number of carbonyl (C=O) groups excluding carboxylic acids is 8. The van der Waals surface area contributed by atoms with Crippen molar-refractivity contribution in [3.63, 3.8) is 0 Å². The van der Waals surface area contributed by atoms with Gasteiger partial charge < -0.3 is 44.5 Å². The Morgan fingerprint density at radius 2 is 0.650 bits per heavy atom. The molecule has 6 amide bonds. The average molecular weight is 1710 g/mol. The van der Waals surface area contributed by atoms with Crippen molar-refractivity contribution in [3.8, 4) is 0 Å². The number of piperidine rings is 1. The minimum absolute atomic E-state index is 0.00241. The van der Waals surface area contributed by atoms with Crippen molar-refractivity contribution < 1.29 is 51.5 Å². The molecular formula is C95H185F3N14O8. The number of nitrogens with zero attached hydrogens (tertiary/aromatic N) is 13. The Morgan fingerprint density at radius 1 is 0.333 bits per heavy atom. The third-order valence-corrected chi connectivity index (χ3v) is 24.2. The van der Waals surface area contributed by atoms with E-state index in [-0.39, 0.29) is 47.8 Å². The molecule has 1 N–H and O–H groups in total. The van der Waals surface area contributed by atoms with Gasteiger partial charge in [-0.2, -0.15) is 13.2 Å². The summed E-state index contributed by atoms with van der Waals surface area (Å²) in [5, 5.41) is 3.01. The summed E-state index contributed by atoms with van der Waals surface area (Å²) in [7, 11) is 0. The summed E-state index contributed by atoms with van der Waals surface area (Å²) in [4.78, 5) is 123. The van der Waals surface area contributed by atoms with Gasteiger partial charge in [0.1, 0.15) is 11.6 Å². The van der Waals surface area contributed by atoms with Gasteiger partial charge in [0.2, 0.25) is 35.4 Å². The minimum Gasteiger partial charge on any atom is -0.354 e. The van der Waals surface area contributed by atoms with Crippen molar-refractivity contribution >= 4 is 47.0 Å². The number of nitrogens with one attached hydrogen (secondary N) is 1. The van der Waals surface area contributed by atoms with Crippen LogP contribution in [0.2, 0.25) is 0 Å². The van der Waals surface area contributed by atoms with Gasteiger partial charge in [-0.3, -0.25) is 62.9 Å². The van der Waals surface area contributed by atoms with Gasteiger partial charge in [0.15, 0.2) is 0 Å². The summed E-state index contributed by atoms with van der Waals surface area (Å²) in [6, 6.07) is 4.83. The number of hydrogen-bond acceptors (Lipinski definition) is 16. The maximum atomic E-state index is 12.0. The second-order valence-electron chi connectivity index (χ2n) is 40.2. The summed E-state index contributed by atoms with van der Waals surface area (Å²) in [6.45, 7) is 87.3. The van der Waals surface area contributed by atoms with Crippen LogP contribution >= 0.6 is 0 Å². The lowest BCUT2D eigenvalue weighted by Crippen LogP contribution is -2.51. The van der Waals surface area contributed by atoms with Crippen molar-refractivity contribution in [2.75, 3.05) is 170 Å². The normalized spacial score (nSPS) is 20.6. The number of rotatable bonds is 26. The molecule has 0 aromatic rings. The van der Waals surface area contributed by atoms with Crippen LogP contribution in [0.4, 0.5) is 13.2 Å². The van der Waals surface area contributed by atoms with Gasteiger partial charge in [-0.1, -0.05) is 76.2 Å². The van der Waals surface area contributed by atoms with E-state index in [4.69, 9.17) is 0 Å². The van der Waals surface area contributed by atoms with Crippen molar-refractivity contribution in [3.05, 3.63) is 0 Å². The molecule has 22 nitrogen and oxygen atoms in total. The fourth-order valence-electron chi connectivity index (χ4n) is 16.0. The van der Waals surface area contributed by atoms with Crippen LogP contribution in [0.25, 0.3) is 0 Å². The van der Waals surface area contributed by atoms with E-state index >= 15 is 0 Å². The molecule has 3 unspecified atom stereocenters. The zero-order chi connectivity index (χ0) is 91.5. The van der Waals surface area contributed by atoms with E-state index in [1.807, 2.05) is 45.3 Å². The van der Waals surface area contributed by atoms with Crippen LogP contribution in [-0.2, 0) is 38.4 Å². The van der Waals surface area contributed by atoms with Crippen molar-refractivity contribution in [2.24, 2.45) is 40.9 Å². The summed E-state index contributed by atoms with van der Waals surface area (Å²) in [6.07, 6.45) is 5.24. The standard InChI is InChI=1S/2C13H26N2O.C12H20F3NO.2C12H24N2O.C12H23NO.C11H22N2O.C10H20N2O/c1-11(2)14-6-8-15(9-7-14)12(16)10-13(3,4)5;1-11(2)5-6-13(16)15-9-7-14(8-10-15)12(3)4;1-9(2)16-7-5-10(8-16)11(17)4-3-6-12(13,14)15;1-10(2)9-12(15)14-7-5-13(6-8-14)11(3)4;1-9(2)13-12(15)11-6-5-7-14(8-11)10(3)4;1-9(2)7-12(14)11-5-6-13(8-11)10(3)4;1-4-5-11(14)13-8-6-12(7-9-13)10(2)3;1-4-10(13)12-7-5-11(6-8-12)9(2)3/h11H,6-10H2,1-5H3;11-12H,5-10H2,1-4H3;9-10H,3-8H2,1-2H3;10-11H,5-9H2,1-4H3;9-11H,5-8H2,1-4H3,(H,13,15);9-11H,5-8H2,1-4H3;10H,4-9H2,1-3H3;9H,4-8H2,1-3H3. The van der Waals surface area contributed by atoms with E-state index in [1.165, 1.54) is 0 Å². The van der Waals surface area contributed by atoms with Crippen molar-refractivity contribution in [1.29, 1.82) is 0 Å². The molecule has 25 heteroatoms. The Morgan fingerprint density at radius 3 is 0.950 bits per heavy atom. The molecule has 8 rings (SSSR count). The molecule has 0 aromatic carbocycles. The lowest BCUT2D eigenvalue weighted by molar-refractivity contribution is -0.138. The largest absolute Gasteiger partial charge is 0.389 e. The van der Waals surface area contributed by atoms with Gasteiger partial charge in [0, 0.05) is 268 Å². The SMILES string of the molecule is CC(C)CC(=O)C1CCN(C(C)C)C1.CC(C)CC(=O)N1CCN(C(C)C)CC1.CC(C)CCC(=O)N1CCN(C(C)C)CC1.CC(C)N1CCC(C(=O)CCCC(F)(F)F)C1.CC(C)N1CCN(C(=O)CC(C)(C)C)CC1.CC(C)NC(=O)C1CCCN(C(C)C)C1.CCC(=O)N1CCN(C(C)C)CC1.CCCC(=O)N1CCN(C(C)C)CC1. The van der Waals surface area contributed by atoms with Crippen LogP contribution in [0.3, 0.4) is 0 Å². The predicted molar refractivity (Wildman–Crippen MR) is 491 cm³/mol. The highest BCUT2D eigenvalue weighted by molar-refractivity contribution is 5.82. The van der Waals surface area contributed by atoms with E-state index in [2.05, 4.69) is 225 Å². The van der Waals surface area contributed by atoms with Crippen LogP contribution in [0, 0.1) is 40.9 Å². The molecule has 0 bridgehead atoms. The highest BCUT2D eigenvalue weighted by Crippen LogP contribution is 2.28. The summed E-state index contributed by atoms with van der Waals surface area (Å²) >= 11 is 0. The number of carbonyl (C=O) groups is 8. The number of Topliss-reactive ketones (excluding diaryl/α,β-unsaturated/α-hetero) is 2. The average Bonchev–Trinajstić information content (AvgIpc) is 1.58. The fraction of sp³-hybridized carbons (Fsp3) is 0.916. The highest BCUT2D eigenvalue weighted by Gasteiger charge is 2.35. The Labute approximate surface area is 732 Å². The maximum Gasteiger partial charge on any atom is 0.389 e. The Bertz CT molecular complexity index is 2810. The Balaban J connectivity index is 0.000000686. The van der Waals surface area contributed by atoms with Crippen LogP contribution in [-0.4, -0.2) is 341 Å². The Hall–Kier alpha value is -4.37. The first-order valence-corrected chi connectivity index (χ1v) is 47.6. The zero-order valence-electron chi connectivity index (χ0n) is 82.4. The van der Waals surface area contributed by atoms with Crippen LogP contribution < -0.4 is 5.32 Å². The summed E-state index contributed by atoms with van der Waals surface area (Å²) < 4.78 is 35.8. The highest BCUT2D eigenvalue weighted by atomic mass is 19.4. The first kappa shape index (κ1) is 114. The molecule has 704 valence electrons. The van der Waals surface area contributed by atoms with E-state index in [0.29, 0.717) is 140 Å². The number of ketones is 2. The molecule has 0 saturated carbocycles. The molecule has 120 heavy (non-hydrogen) atoms. The maximum absolute atomic E-state index is 12.0. The van der Waals surface area contributed by atoms with E-state index in [1.54, 1.807) is 0 Å². The Kier molecular flexibility index (Phi) is 56.4. The molecular weight excluding hydrogens is 1520 g/mol. The predicted octanol–water partition coefficient (Wildman–Crippen LogP) is 14.8. The molecule has 8 aliphatic rings. The van der Waals surface area contributed by atoms with Gasteiger partial charge in [0.25, 0.3) is 0 Å². The fourth-order valence-corrected chi connectivity index (χ4v) is 16.0. The minimum atomic E-state index is -4.14. The lowest BCUT2D eigenvalue weighted by Gasteiger charge is -2.37. The number of halogens is 3. The van der Waals surface area contributed by atoms with E-state index < -0.39 is 12.6 Å². The molecule has 3 atom stereocenters. The lowest BCUT2D eigenvalue weighted by atomic mass is 9.91. The third-order valence-electron chi connectivity index (χ3n) is 24.2. The third kappa shape index (κ3) is 48.9. The molecule has 8 heterocycles. The van der Waals surface area contributed by atoms with Gasteiger partial charge in [-0.05, 0) is 212 Å². The monoisotopic (exact) mass is 1710 g/mol. The summed E-state index contributed by atoms with van der Waals surface area (Å²) in [5.41, 5.74) is 0.103. The number of alkyl halides is 3. The second kappa shape index (κ2) is 59.6. The van der Waals surface area contributed by atoms with Gasteiger partial charge in [-0.15, -0.1) is 0 Å². The molecule has 0 spiro atoms. The van der Waals surface area contributed by atoms with E-state index in [0.717, 1.165) is 215 Å². The second-order valence-corrected chi connectivity index (χ2v) is 40.2. The first-order valence-electron chi connectivity index (χ1n) is 47.6. The van der Waals surface area contributed by atoms with Gasteiger partial charge in [-0.25, -0.2) is 0 Å². The van der Waals surface area contributed by atoms with Gasteiger partial charge >= 0.3 is 6.18 Å². The number of likely N-dealkylation sites (tertiary alicyclic amines) is 3. The molecule has 0 aliphatic carbocycles. The molecule has 8 aliphatic heterocycles. The number of amides is 6. The number of piperazine rings is 5. The van der Waals surface area contributed by atoms with Crippen molar-refractivity contribution in [1.82, 2.24) is 69.0 Å². The smallest absolute Gasteiger partial charge is 0.354 e. The van der Waals surface area contributed by atoms with E-state index in [9.17, 15) is 51.5 Å². The van der Waals surface area contributed by atoms with Crippen LogP contribution in [0.1, 0.15) is 297 Å². The van der Waals surface area contributed by atoms with Crippen LogP contribution in [0.5, 0.6) is 0 Å². The topological polar surface area (TPSA) is 191 Å². The van der Waals surface area contributed by atoms with Gasteiger partial charge in [0.05, 0.1) is 5.92 Å². The number of hydrogen-bond donors (Lipinski definition) is 1. The quantitative estimate of drug-likeness (QED) is 0.0859. The van der Waals surface area contributed by atoms with Crippen LogP contribution in [0.15, 0.2) is 0 Å². The zero-order valence-corrected chi connectivity index (χ0v) is 82.4. The molecule has 8 saturated heterocycles. The van der Waals surface area contributed by atoms with Crippen molar-refractivity contribution in [2.45, 2.75) is 358 Å². The first-order chi connectivity index (χ1) is 55.9. The molecule has 8 fully saturated rings. The molecule has 0 aromatic heterocycles. The summed E-state index contributed by atoms with van der Waals surface area (Å²) in [5.74, 6) is 4.39. The molecule has 0 radical (unpaired) electrons.